The topological polar surface area (TPSA) is 52.6 Å². The molecule has 6 heteroatoms. The van der Waals surface area contributed by atoms with E-state index in [1.807, 2.05) is 46.7 Å². The highest BCUT2D eigenvalue weighted by Gasteiger charge is 2.31. The lowest BCUT2D eigenvalue weighted by atomic mass is 9.81. The van der Waals surface area contributed by atoms with Gasteiger partial charge in [-0.1, -0.05) is 54.9 Å². The molecule has 0 bridgehead atoms. The maximum absolute atomic E-state index is 13.2. The predicted octanol–water partition coefficient (Wildman–Crippen LogP) is 4.75. The van der Waals surface area contributed by atoms with Crippen LogP contribution in [0.25, 0.3) is 0 Å². The molecule has 0 heterocycles. The van der Waals surface area contributed by atoms with Gasteiger partial charge in [-0.15, -0.1) is 0 Å². The minimum absolute atomic E-state index is 0.00794. The fourth-order valence-corrected chi connectivity index (χ4v) is 3.37. The molecule has 0 aliphatic heterocycles. The Balaban J connectivity index is 2.33. The van der Waals surface area contributed by atoms with Gasteiger partial charge in [0.1, 0.15) is 5.75 Å². The van der Waals surface area contributed by atoms with Crippen LogP contribution in [0.5, 0.6) is 5.75 Å². The molecule has 0 spiro atoms. The minimum Gasteiger partial charge on any atom is -0.494 e. The highest BCUT2D eigenvalue weighted by molar-refractivity contribution is 7.10. The molecule has 2 rings (SSSR count). The van der Waals surface area contributed by atoms with E-state index in [1.54, 1.807) is 18.2 Å². The van der Waals surface area contributed by atoms with E-state index in [1.165, 1.54) is 7.11 Å². The first kappa shape index (κ1) is 20.4. The number of hydrogen-bond donors (Lipinski definition) is 0. The van der Waals surface area contributed by atoms with Crippen molar-refractivity contribution >= 4 is 32.8 Å². The zero-order valence-electron chi connectivity index (χ0n) is 14.8. The lowest BCUT2D eigenvalue weighted by Crippen LogP contribution is -2.27. The fourth-order valence-electron chi connectivity index (χ4n) is 3.02. The highest BCUT2D eigenvalue weighted by Crippen LogP contribution is 2.33. The number of Topliss-reactive ketones (excluding diaryl/α,β-unsaturated/α-hetero) is 1. The smallest absolute Gasteiger partial charge is 0.308 e. The Morgan fingerprint density at radius 2 is 1.81 bits per heavy atom. The van der Waals surface area contributed by atoms with Crippen molar-refractivity contribution < 1.29 is 18.8 Å². The molecule has 0 fully saturated rings. The maximum atomic E-state index is 13.2. The zero-order valence-corrected chi connectivity index (χ0v) is 16.7. The van der Waals surface area contributed by atoms with E-state index in [9.17, 15) is 9.59 Å². The number of benzene rings is 2. The summed E-state index contributed by atoms with van der Waals surface area (Å²) in [7, 11) is 3.40. The van der Waals surface area contributed by atoms with E-state index < -0.39 is 11.9 Å². The Hall–Kier alpha value is -1.90. The van der Waals surface area contributed by atoms with Gasteiger partial charge < -0.3 is 9.26 Å². The first-order valence-electron chi connectivity index (χ1n) is 8.28. The Labute approximate surface area is 161 Å². The van der Waals surface area contributed by atoms with E-state index in [0.717, 1.165) is 5.56 Å². The van der Waals surface area contributed by atoms with Crippen LogP contribution in [0.3, 0.4) is 0 Å². The Morgan fingerprint density at radius 3 is 2.42 bits per heavy atom. The van der Waals surface area contributed by atoms with Crippen molar-refractivity contribution in [3.05, 3.63) is 64.7 Å². The van der Waals surface area contributed by atoms with Crippen molar-refractivity contribution in [2.24, 2.45) is 11.8 Å². The first-order chi connectivity index (χ1) is 12.5. The largest absolute Gasteiger partial charge is 0.494 e. The third-order valence-electron chi connectivity index (χ3n) is 4.38. The summed E-state index contributed by atoms with van der Waals surface area (Å²) in [6, 6.07) is 14.9. The van der Waals surface area contributed by atoms with Crippen LogP contribution in [-0.4, -0.2) is 18.9 Å². The lowest BCUT2D eigenvalue weighted by Gasteiger charge is -2.23. The number of methoxy groups -OCH3 is 1. The SMILES string of the molecule is COc1c(Cl)cccc1C(=O)C(CC(=O)OP)C(C)Cc1ccccc1. The maximum Gasteiger partial charge on any atom is 0.308 e. The van der Waals surface area contributed by atoms with Gasteiger partial charge in [-0.05, 0) is 30.0 Å². The molecule has 3 atom stereocenters. The Morgan fingerprint density at radius 1 is 1.12 bits per heavy atom. The number of ketones is 1. The van der Waals surface area contributed by atoms with Crippen LogP contribution in [0.1, 0.15) is 29.3 Å². The van der Waals surface area contributed by atoms with Crippen molar-refractivity contribution in [1.29, 1.82) is 0 Å². The quantitative estimate of drug-likeness (QED) is 0.480. The van der Waals surface area contributed by atoms with Gasteiger partial charge in [-0.3, -0.25) is 9.59 Å². The normalized spacial score (nSPS) is 12.9. The van der Waals surface area contributed by atoms with Crippen molar-refractivity contribution in [1.82, 2.24) is 0 Å². The highest BCUT2D eigenvalue weighted by atomic mass is 35.5. The van der Waals surface area contributed by atoms with E-state index in [-0.39, 0.29) is 18.1 Å². The van der Waals surface area contributed by atoms with Crippen LogP contribution >= 0.6 is 21.1 Å². The van der Waals surface area contributed by atoms with Gasteiger partial charge in [-0.25, -0.2) is 0 Å². The van der Waals surface area contributed by atoms with Gasteiger partial charge in [0.15, 0.2) is 5.78 Å². The Kier molecular flexibility index (Phi) is 7.62. The number of halogens is 1. The summed E-state index contributed by atoms with van der Waals surface area (Å²) in [6.45, 7) is 1.96. The van der Waals surface area contributed by atoms with Crippen molar-refractivity contribution in [3.63, 3.8) is 0 Å². The summed E-state index contributed by atoms with van der Waals surface area (Å²) in [6.07, 6.45) is 0.663. The summed E-state index contributed by atoms with van der Waals surface area (Å²) >= 11 is 6.15. The molecule has 3 unspecified atom stereocenters. The molecule has 4 nitrogen and oxygen atoms in total. The van der Waals surface area contributed by atoms with Crippen LogP contribution in [-0.2, 0) is 15.7 Å². The fraction of sp³-hybridized carbons (Fsp3) is 0.300. The molecule has 0 N–H and O–H groups in total. The van der Waals surface area contributed by atoms with Gasteiger partial charge in [0.2, 0.25) is 0 Å². The number of carbonyl (C=O) groups is 2. The third-order valence-corrected chi connectivity index (χ3v) is 4.94. The zero-order chi connectivity index (χ0) is 19.1. The standard InChI is InChI=1S/C20H22ClO4P/c1-13(11-14-7-4-3-5-8-14)16(12-18(22)25-26)19(23)15-9-6-10-17(21)20(15)24-2/h3-10,13,16H,11-12,26H2,1-2H3. The summed E-state index contributed by atoms with van der Waals surface area (Å²) in [5, 5.41) is 0.362. The number of hydrogen-bond acceptors (Lipinski definition) is 4. The van der Waals surface area contributed by atoms with E-state index >= 15 is 0 Å². The van der Waals surface area contributed by atoms with Crippen molar-refractivity contribution in [2.75, 3.05) is 7.11 Å². The molecular formula is C20H22ClO4P. The number of carbonyl (C=O) groups excluding carboxylic acids is 2. The third kappa shape index (κ3) is 5.06. The summed E-state index contributed by atoms with van der Waals surface area (Å²) < 4.78 is 10.0. The number of rotatable bonds is 8. The van der Waals surface area contributed by atoms with Gasteiger partial charge in [0.25, 0.3) is 0 Å². The first-order valence-corrected chi connectivity index (χ1v) is 9.13. The molecule has 0 amide bonds. The Bertz CT molecular complexity index is 764. The molecule has 138 valence electrons. The summed E-state index contributed by atoms with van der Waals surface area (Å²) in [5.41, 5.74) is 1.48. The van der Waals surface area contributed by atoms with Crippen LogP contribution in [0.4, 0.5) is 0 Å². The van der Waals surface area contributed by atoms with Gasteiger partial charge in [-0.2, -0.15) is 0 Å². The monoisotopic (exact) mass is 392 g/mol. The predicted molar refractivity (Wildman–Crippen MR) is 106 cm³/mol. The molecule has 0 radical (unpaired) electrons. The van der Waals surface area contributed by atoms with E-state index in [4.69, 9.17) is 20.9 Å². The minimum atomic E-state index is -0.546. The molecule has 26 heavy (non-hydrogen) atoms. The molecular weight excluding hydrogens is 371 g/mol. The molecule has 2 aromatic carbocycles. The molecule has 0 aliphatic carbocycles. The van der Waals surface area contributed by atoms with E-state index in [2.05, 4.69) is 0 Å². The second-order valence-corrected chi connectivity index (χ2v) is 6.80. The van der Waals surface area contributed by atoms with Crippen LogP contribution < -0.4 is 4.74 Å². The van der Waals surface area contributed by atoms with Gasteiger partial charge in [0.05, 0.1) is 33.6 Å². The second-order valence-electron chi connectivity index (χ2n) is 6.15. The number of para-hydroxylation sites is 1. The van der Waals surface area contributed by atoms with Gasteiger partial charge >= 0.3 is 5.97 Å². The van der Waals surface area contributed by atoms with Crippen molar-refractivity contribution in [3.8, 4) is 5.75 Å². The average Bonchev–Trinajstić information content (AvgIpc) is 2.65. The van der Waals surface area contributed by atoms with E-state index in [0.29, 0.717) is 22.8 Å². The van der Waals surface area contributed by atoms with Crippen LogP contribution in [0.15, 0.2) is 48.5 Å². The molecule has 0 aromatic heterocycles. The summed E-state index contributed by atoms with van der Waals surface area (Å²) in [4.78, 5) is 25.1. The summed E-state index contributed by atoms with van der Waals surface area (Å²) in [5.74, 6) is -0.916. The number of ether oxygens (including phenoxy) is 1. The molecule has 0 aliphatic rings. The van der Waals surface area contributed by atoms with Crippen LogP contribution in [0.2, 0.25) is 5.02 Å². The average molecular weight is 393 g/mol. The van der Waals surface area contributed by atoms with Crippen LogP contribution in [0, 0.1) is 11.8 Å². The molecule has 2 aromatic rings. The molecule has 0 saturated carbocycles. The van der Waals surface area contributed by atoms with Gasteiger partial charge in [0, 0.05) is 5.92 Å². The second kappa shape index (κ2) is 9.70. The molecule has 0 saturated heterocycles. The van der Waals surface area contributed by atoms with Crippen molar-refractivity contribution in [2.45, 2.75) is 19.8 Å². The lowest BCUT2D eigenvalue weighted by molar-refractivity contribution is -0.134.